The van der Waals surface area contributed by atoms with E-state index in [1.807, 2.05) is 48.5 Å². The monoisotopic (exact) mass is 511 g/mol. The van der Waals surface area contributed by atoms with Gasteiger partial charge in [-0.3, -0.25) is 0 Å². The summed E-state index contributed by atoms with van der Waals surface area (Å²) in [6.45, 7) is 1.80. The highest BCUT2D eigenvalue weighted by molar-refractivity contribution is 6.18. The third-order valence-electron chi connectivity index (χ3n) is 7.80. The number of nitrogens with zero attached hydrogens (tertiary/aromatic N) is 2. The van der Waals surface area contributed by atoms with Crippen LogP contribution in [0, 0.1) is 16.7 Å². The van der Waals surface area contributed by atoms with E-state index < -0.39 is 0 Å². The van der Waals surface area contributed by atoms with E-state index in [2.05, 4.69) is 89.8 Å². The van der Waals surface area contributed by atoms with Gasteiger partial charge in [0.2, 0.25) is 0 Å². The lowest BCUT2D eigenvalue weighted by atomic mass is 9.94. The fraction of sp³-hybridized carbons (Fsp3) is 0.0270. The van der Waals surface area contributed by atoms with Crippen LogP contribution in [0.25, 0.3) is 44.2 Å². The highest BCUT2D eigenvalue weighted by Crippen LogP contribution is 2.49. The van der Waals surface area contributed by atoms with Gasteiger partial charge < -0.3 is 10.3 Å². The van der Waals surface area contributed by atoms with Crippen LogP contribution in [0.4, 0.5) is 17.1 Å². The number of hydrogen-bond acceptors (Lipinski definition) is 3. The fourth-order valence-electron chi connectivity index (χ4n) is 6.01. The summed E-state index contributed by atoms with van der Waals surface area (Å²) in [6.07, 6.45) is 0. The van der Waals surface area contributed by atoms with E-state index in [0.29, 0.717) is 11.3 Å². The smallest absolute Gasteiger partial charge is 0.101 e. The van der Waals surface area contributed by atoms with Crippen LogP contribution < -0.4 is 4.90 Å². The van der Waals surface area contributed by atoms with Crippen LogP contribution in [0.3, 0.4) is 0 Å². The van der Waals surface area contributed by atoms with Gasteiger partial charge in [-0.05, 0) is 81.4 Å². The Labute approximate surface area is 233 Å². The van der Waals surface area contributed by atoms with E-state index in [1.165, 1.54) is 38.6 Å². The molecule has 1 N–H and O–H groups in total. The summed E-state index contributed by atoms with van der Waals surface area (Å²) in [4.78, 5) is 2.08. The first-order valence-electron chi connectivity index (χ1n) is 13.4. The van der Waals surface area contributed by atoms with Crippen molar-refractivity contribution in [2.24, 2.45) is 0 Å². The maximum absolute atomic E-state index is 9.93. The van der Waals surface area contributed by atoms with Crippen LogP contribution in [-0.2, 0) is 0 Å². The zero-order valence-corrected chi connectivity index (χ0v) is 22.0. The average molecular weight is 512 g/mol. The maximum atomic E-state index is 9.93. The Kier molecular flexibility index (Phi) is 5.54. The molecule has 1 aliphatic carbocycles. The van der Waals surface area contributed by atoms with Crippen molar-refractivity contribution >= 4 is 33.5 Å². The molecular weight excluding hydrogens is 486 g/mol. The van der Waals surface area contributed by atoms with E-state index in [0.717, 1.165) is 28.2 Å². The lowest BCUT2D eigenvalue weighted by Crippen LogP contribution is -2.14. The van der Waals surface area contributed by atoms with Gasteiger partial charge in [0.15, 0.2) is 0 Å². The number of fused-ring (bicyclic) bond motifs is 3. The summed E-state index contributed by atoms with van der Waals surface area (Å²) in [5, 5.41) is 20.9. The molecule has 0 bridgehead atoms. The summed E-state index contributed by atoms with van der Waals surface area (Å²) < 4.78 is 0. The lowest BCUT2D eigenvalue weighted by molar-refractivity contribution is 1.26. The van der Waals surface area contributed by atoms with Gasteiger partial charge in [-0.1, -0.05) is 97.1 Å². The molecule has 0 saturated heterocycles. The zero-order chi connectivity index (χ0) is 27.2. The van der Waals surface area contributed by atoms with Crippen LogP contribution in [-0.4, -0.2) is 5.71 Å². The van der Waals surface area contributed by atoms with E-state index >= 15 is 0 Å². The first-order chi connectivity index (χ1) is 19.7. The molecular formula is C37H25N3. The number of anilines is 3. The Morgan fingerprint density at radius 3 is 1.93 bits per heavy atom. The summed E-state index contributed by atoms with van der Waals surface area (Å²) in [5.74, 6) is 0. The molecule has 0 fully saturated rings. The van der Waals surface area contributed by atoms with Crippen LogP contribution >= 0.6 is 0 Å². The Hall–Kier alpha value is -5.46. The molecule has 0 heterocycles. The minimum absolute atomic E-state index is 0.473. The third-order valence-corrected chi connectivity index (χ3v) is 7.80. The second-order valence-electron chi connectivity index (χ2n) is 10.1. The van der Waals surface area contributed by atoms with Gasteiger partial charge in [-0.25, -0.2) is 0 Å². The standard InChI is InChI=1S/C37H25N3/c1-24(39)28-10-5-7-16-36(28)40(35-15-6-2-9-26(35)23-38)27-19-17-25(18-20-27)29-21-22-34-31-12-4-3-11-30(31)33-14-8-13-32(29)37(33)34/h2-22,39H,1H3. The summed E-state index contributed by atoms with van der Waals surface area (Å²) in [6, 6.07) is 46.1. The van der Waals surface area contributed by atoms with Gasteiger partial charge in [-0.2, -0.15) is 5.26 Å². The normalized spacial score (nSPS) is 11.2. The average Bonchev–Trinajstić information content (AvgIpc) is 3.33. The summed E-state index contributed by atoms with van der Waals surface area (Å²) >= 11 is 0. The summed E-state index contributed by atoms with van der Waals surface area (Å²) in [7, 11) is 0. The number of para-hydroxylation sites is 2. The Bertz CT molecular complexity index is 1960. The van der Waals surface area contributed by atoms with Crippen LogP contribution in [0.5, 0.6) is 0 Å². The zero-order valence-electron chi connectivity index (χ0n) is 22.0. The third kappa shape index (κ3) is 3.62. The molecule has 3 heteroatoms. The highest BCUT2D eigenvalue weighted by atomic mass is 15.1. The maximum Gasteiger partial charge on any atom is 0.101 e. The Balaban J connectivity index is 1.38. The first-order valence-corrected chi connectivity index (χ1v) is 13.4. The molecule has 0 aliphatic heterocycles. The topological polar surface area (TPSA) is 50.9 Å². The van der Waals surface area contributed by atoms with Gasteiger partial charge in [0.25, 0.3) is 0 Å². The lowest BCUT2D eigenvalue weighted by Gasteiger charge is -2.28. The number of benzene rings is 6. The van der Waals surface area contributed by atoms with E-state index in [4.69, 9.17) is 5.41 Å². The molecule has 6 aromatic rings. The molecule has 188 valence electrons. The Morgan fingerprint density at radius 2 is 1.20 bits per heavy atom. The molecule has 0 aromatic heterocycles. The first kappa shape index (κ1) is 23.6. The molecule has 40 heavy (non-hydrogen) atoms. The van der Waals surface area contributed by atoms with Crippen molar-refractivity contribution in [3.05, 3.63) is 139 Å². The molecule has 0 saturated carbocycles. The highest BCUT2D eigenvalue weighted by Gasteiger charge is 2.23. The Morgan fingerprint density at radius 1 is 0.600 bits per heavy atom. The van der Waals surface area contributed by atoms with Gasteiger partial charge >= 0.3 is 0 Å². The van der Waals surface area contributed by atoms with Crippen molar-refractivity contribution in [1.82, 2.24) is 0 Å². The van der Waals surface area contributed by atoms with Crippen molar-refractivity contribution in [2.45, 2.75) is 6.92 Å². The fourth-order valence-corrected chi connectivity index (χ4v) is 6.01. The second kappa shape index (κ2) is 9.38. The van der Waals surface area contributed by atoms with Crippen LogP contribution in [0.15, 0.2) is 127 Å². The molecule has 7 rings (SSSR count). The van der Waals surface area contributed by atoms with Gasteiger partial charge in [0.1, 0.15) is 6.07 Å². The van der Waals surface area contributed by atoms with E-state index in [1.54, 1.807) is 6.92 Å². The molecule has 0 spiro atoms. The van der Waals surface area contributed by atoms with Crippen LogP contribution in [0.1, 0.15) is 18.1 Å². The molecule has 0 amide bonds. The number of hydrogen-bond donors (Lipinski definition) is 1. The largest absolute Gasteiger partial charge is 0.308 e. The van der Waals surface area contributed by atoms with Crippen molar-refractivity contribution in [3.63, 3.8) is 0 Å². The SMILES string of the molecule is CC(=N)c1ccccc1N(c1ccc(-c2ccc3c4c(cccc24)-c2ccccc2-3)cc1)c1ccccc1C#N. The molecule has 0 radical (unpaired) electrons. The second-order valence-corrected chi connectivity index (χ2v) is 10.1. The van der Waals surface area contributed by atoms with Crippen molar-refractivity contribution in [3.8, 4) is 39.4 Å². The van der Waals surface area contributed by atoms with Crippen LogP contribution in [0.2, 0.25) is 0 Å². The van der Waals surface area contributed by atoms with E-state index in [-0.39, 0.29) is 0 Å². The minimum atomic E-state index is 0.473. The quantitative estimate of drug-likeness (QED) is 0.234. The van der Waals surface area contributed by atoms with Gasteiger partial charge in [0, 0.05) is 17.0 Å². The predicted molar refractivity (Wildman–Crippen MR) is 166 cm³/mol. The van der Waals surface area contributed by atoms with Crippen molar-refractivity contribution in [1.29, 1.82) is 10.7 Å². The van der Waals surface area contributed by atoms with E-state index in [9.17, 15) is 5.26 Å². The molecule has 3 nitrogen and oxygen atoms in total. The number of nitrogens with one attached hydrogen (secondary N) is 1. The summed E-state index contributed by atoms with van der Waals surface area (Å²) in [5.41, 5.74) is 12.0. The number of rotatable bonds is 5. The van der Waals surface area contributed by atoms with Gasteiger partial charge in [0.05, 0.1) is 16.9 Å². The molecule has 6 aromatic carbocycles. The molecule has 0 atom stereocenters. The molecule has 0 unspecified atom stereocenters. The minimum Gasteiger partial charge on any atom is -0.308 e. The van der Waals surface area contributed by atoms with Crippen molar-refractivity contribution < 1.29 is 0 Å². The van der Waals surface area contributed by atoms with Gasteiger partial charge in [-0.15, -0.1) is 0 Å². The van der Waals surface area contributed by atoms with Crippen molar-refractivity contribution in [2.75, 3.05) is 4.90 Å². The predicted octanol–water partition coefficient (Wildman–Crippen LogP) is 9.88. The number of nitriles is 1. The molecule has 1 aliphatic rings.